The van der Waals surface area contributed by atoms with Crippen molar-refractivity contribution in [3.63, 3.8) is 0 Å². The lowest BCUT2D eigenvalue weighted by Crippen LogP contribution is -2.56. The summed E-state index contributed by atoms with van der Waals surface area (Å²) in [6.07, 6.45) is 4.54. The minimum absolute atomic E-state index is 0.0286. The summed E-state index contributed by atoms with van der Waals surface area (Å²) >= 11 is 0. The maximum Gasteiger partial charge on any atom is 0.264 e. The van der Waals surface area contributed by atoms with Gasteiger partial charge in [0.05, 0.1) is 12.9 Å². The Bertz CT molecular complexity index is 792. The SMILES string of the molecule is CC(C)[C@@H]1CC[C@@H](C)C[C@@]1(O)C(=O)NCCc1ccccc1CCOS(C)(=O)=O. The Morgan fingerprint density at radius 3 is 2.45 bits per heavy atom. The van der Waals surface area contributed by atoms with Gasteiger partial charge in [0.2, 0.25) is 0 Å². The van der Waals surface area contributed by atoms with Gasteiger partial charge in [-0.15, -0.1) is 0 Å². The Hall–Kier alpha value is -1.44. The normalized spacial score (nSPS) is 25.2. The first-order valence-corrected chi connectivity index (χ1v) is 12.3. The number of benzene rings is 1. The molecule has 0 unspecified atom stereocenters. The van der Waals surface area contributed by atoms with Crippen molar-refractivity contribution in [2.24, 2.45) is 17.8 Å². The Morgan fingerprint density at radius 1 is 1.24 bits per heavy atom. The van der Waals surface area contributed by atoms with Crippen LogP contribution in [0.3, 0.4) is 0 Å². The van der Waals surface area contributed by atoms with Gasteiger partial charge < -0.3 is 10.4 Å². The number of hydrogen-bond donors (Lipinski definition) is 2. The molecular weight excluding hydrogens is 390 g/mol. The number of rotatable bonds is 9. The number of carbonyl (C=O) groups is 1. The van der Waals surface area contributed by atoms with Crippen LogP contribution in [0.15, 0.2) is 24.3 Å². The summed E-state index contributed by atoms with van der Waals surface area (Å²) in [5.74, 6) is 0.268. The molecule has 2 N–H and O–H groups in total. The number of aliphatic hydroxyl groups is 1. The van der Waals surface area contributed by atoms with Gasteiger partial charge in [-0.2, -0.15) is 8.42 Å². The van der Waals surface area contributed by atoms with Gasteiger partial charge in [0.25, 0.3) is 16.0 Å². The molecule has 1 aromatic rings. The average molecular weight is 426 g/mol. The van der Waals surface area contributed by atoms with Crippen LogP contribution in [0, 0.1) is 17.8 Å². The molecule has 3 atom stereocenters. The number of hydrogen-bond acceptors (Lipinski definition) is 5. The summed E-state index contributed by atoms with van der Waals surface area (Å²) in [5, 5.41) is 14.1. The fourth-order valence-electron chi connectivity index (χ4n) is 4.45. The summed E-state index contributed by atoms with van der Waals surface area (Å²) in [5.41, 5.74) is 0.721. The van der Waals surface area contributed by atoms with E-state index >= 15 is 0 Å². The van der Waals surface area contributed by atoms with E-state index in [1.165, 1.54) is 0 Å². The smallest absolute Gasteiger partial charge is 0.264 e. The maximum absolute atomic E-state index is 12.9. The molecule has 0 spiro atoms. The second-order valence-electron chi connectivity index (χ2n) is 8.71. The van der Waals surface area contributed by atoms with Crippen LogP contribution in [0.1, 0.15) is 51.2 Å². The summed E-state index contributed by atoms with van der Waals surface area (Å²) in [6.45, 7) is 6.73. The first-order valence-electron chi connectivity index (χ1n) is 10.4. The van der Waals surface area contributed by atoms with E-state index in [-0.39, 0.29) is 24.3 Å². The molecule has 164 valence electrons. The number of amides is 1. The average Bonchev–Trinajstić information content (AvgIpc) is 2.61. The highest BCUT2D eigenvalue weighted by atomic mass is 32.2. The molecule has 2 rings (SSSR count). The van der Waals surface area contributed by atoms with Crippen molar-refractivity contribution < 1.29 is 22.5 Å². The second kappa shape index (κ2) is 10.0. The molecule has 0 aliphatic heterocycles. The second-order valence-corrected chi connectivity index (χ2v) is 10.4. The number of nitrogens with one attached hydrogen (secondary N) is 1. The zero-order chi connectivity index (χ0) is 21.7. The van der Waals surface area contributed by atoms with Gasteiger partial charge >= 0.3 is 0 Å². The quantitative estimate of drug-likeness (QED) is 0.594. The Labute approximate surface area is 175 Å². The van der Waals surface area contributed by atoms with E-state index in [9.17, 15) is 18.3 Å². The van der Waals surface area contributed by atoms with Gasteiger partial charge in [-0.25, -0.2) is 0 Å². The highest BCUT2D eigenvalue weighted by Gasteiger charge is 2.48. The van der Waals surface area contributed by atoms with Crippen LogP contribution in [-0.4, -0.2) is 44.4 Å². The van der Waals surface area contributed by atoms with E-state index in [0.29, 0.717) is 31.7 Å². The van der Waals surface area contributed by atoms with Crippen LogP contribution in [0.4, 0.5) is 0 Å². The topological polar surface area (TPSA) is 92.7 Å². The largest absolute Gasteiger partial charge is 0.380 e. The van der Waals surface area contributed by atoms with E-state index in [0.717, 1.165) is 30.2 Å². The summed E-state index contributed by atoms with van der Waals surface area (Å²) in [4.78, 5) is 12.9. The zero-order valence-electron chi connectivity index (χ0n) is 18.0. The predicted molar refractivity (Wildman–Crippen MR) is 114 cm³/mol. The summed E-state index contributed by atoms with van der Waals surface area (Å²) in [6, 6.07) is 7.73. The standard InChI is InChI=1S/C22H35NO5S/c1-16(2)20-10-9-17(3)15-22(20,25)21(24)23-13-11-18-7-5-6-8-19(18)12-14-28-29(4,26)27/h5-8,16-17,20,25H,9-15H2,1-4H3,(H,23,24)/t17-,20+,22+/m1/s1. The Kier molecular flexibility index (Phi) is 8.26. The first kappa shape index (κ1) is 23.8. The van der Waals surface area contributed by atoms with Crippen LogP contribution in [-0.2, 0) is 31.9 Å². The maximum atomic E-state index is 12.9. The van der Waals surface area contributed by atoms with Gasteiger partial charge in [-0.05, 0) is 54.6 Å². The minimum Gasteiger partial charge on any atom is -0.380 e. The van der Waals surface area contributed by atoms with E-state index in [4.69, 9.17) is 4.18 Å². The molecule has 1 saturated carbocycles. The molecule has 1 aliphatic carbocycles. The molecule has 29 heavy (non-hydrogen) atoms. The van der Waals surface area contributed by atoms with E-state index < -0.39 is 15.7 Å². The highest BCUT2D eigenvalue weighted by Crippen LogP contribution is 2.41. The molecule has 0 saturated heterocycles. The van der Waals surface area contributed by atoms with E-state index in [1.54, 1.807) is 0 Å². The molecule has 0 heterocycles. The minimum atomic E-state index is -3.46. The third kappa shape index (κ3) is 6.79. The van der Waals surface area contributed by atoms with Gasteiger partial charge in [-0.3, -0.25) is 8.98 Å². The predicted octanol–water partition coefficient (Wildman–Crippen LogP) is 2.69. The van der Waals surface area contributed by atoms with Crippen LogP contribution in [0.25, 0.3) is 0 Å². The molecule has 7 heteroatoms. The van der Waals surface area contributed by atoms with Crippen molar-refractivity contribution in [1.82, 2.24) is 5.32 Å². The molecule has 0 aromatic heterocycles. The van der Waals surface area contributed by atoms with E-state index in [2.05, 4.69) is 26.1 Å². The van der Waals surface area contributed by atoms with Gasteiger partial charge in [0, 0.05) is 6.54 Å². The molecule has 0 radical (unpaired) electrons. The molecule has 1 fully saturated rings. The molecular formula is C22H35NO5S. The fourth-order valence-corrected chi connectivity index (χ4v) is 4.83. The first-order chi connectivity index (χ1) is 13.5. The van der Waals surface area contributed by atoms with E-state index in [1.807, 2.05) is 24.3 Å². The van der Waals surface area contributed by atoms with Crippen LogP contribution < -0.4 is 5.32 Å². The van der Waals surface area contributed by atoms with Crippen molar-refractivity contribution >= 4 is 16.0 Å². The molecule has 0 bridgehead atoms. The van der Waals surface area contributed by atoms with Crippen LogP contribution in [0.2, 0.25) is 0 Å². The van der Waals surface area contributed by atoms with Crippen LogP contribution in [0.5, 0.6) is 0 Å². The van der Waals surface area contributed by atoms with Crippen molar-refractivity contribution in [2.45, 2.75) is 58.5 Å². The summed E-state index contributed by atoms with van der Waals surface area (Å²) < 4.78 is 27.1. The third-order valence-electron chi connectivity index (χ3n) is 5.91. The van der Waals surface area contributed by atoms with Gasteiger partial charge in [0.1, 0.15) is 5.60 Å². The lowest BCUT2D eigenvalue weighted by molar-refractivity contribution is -0.155. The van der Waals surface area contributed by atoms with Gasteiger partial charge in [-0.1, -0.05) is 51.5 Å². The molecule has 1 aliphatic rings. The lowest BCUT2D eigenvalue weighted by atomic mass is 9.66. The fraction of sp³-hybridized carbons (Fsp3) is 0.682. The lowest BCUT2D eigenvalue weighted by Gasteiger charge is -2.43. The van der Waals surface area contributed by atoms with Crippen molar-refractivity contribution in [3.05, 3.63) is 35.4 Å². The number of carbonyl (C=O) groups excluding carboxylic acids is 1. The van der Waals surface area contributed by atoms with Crippen LogP contribution >= 0.6 is 0 Å². The Morgan fingerprint density at radius 2 is 1.86 bits per heavy atom. The summed E-state index contributed by atoms with van der Waals surface area (Å²) in [7, 11) is -3.46. The molecule has 1 amide bonds. The molecule has 6 nitrogen and oxygen atoms in total. The zero-order valence-corrected chi connectivity index (χ0v) is 18.8. The molecule has 1 aromatic carbocycles. The Balaban J connectivity index is 1.96. The van der Waals surface area contributed by atoms with Crippen molar-refractivity contribution in [1.29, 1.82) is 0 Å². The third-order valence-corrected chi connectivity index (χ3v) is 6.50. The van der Waals surface area contributed by atoms with Crippen molar-refractivity contribution in [3.8, 4) is 0 Å². The van der Waals surface area contributed by atoms with Gasteiger partial charge in [0.15, 0.2) is 0 Å². The highest BCUT2D eigenvalue weighted by molar-refractivity contribution is 7.85. The van der Waals surface area contributed by atoms with Crippen molar-refractivity contribution in [2.75, 3.05) is 19.4 Å². The monoisotopic (exact) mass is 425 g/mol.